The zero-order valence-corrected chi connectivity index (χ0v) is 20.1. The molecule has 1 aliphatic rings. The predicted molar refractivity (Wildman–Crippen MR) is 125 cm³/mol. The number of halogens is 7. The van der Waals surface area contributed by atoms with Crippen LogP contribution < -0.4 is 10.6 Å². The van der Waals surface area contributed by atoms with Crippen LogP contribution in [0.3, 0.4) is 0 Å². The predicted octanol–water partition coefficient (Wildman–Crippen LogP) is 6.53. The van der Waals surface area contributed by atoms with E-state index >= 15 is 0 Å². The van der Waals surface area contributed by atoms with Gasteiger partial charge in [-0.05, 0) is 70.0 Å². The van der Waals surface area contributed by atoms with Crippen LogP contribution in [0, 0.1) is 28.9 Å². The van der Waals surface area contributed by atoms with Crippen molar-refractivity contribution in [2.45, 2.75) is 51.8 Å². The highest BCUT2D eigenvalue weighted by molar-refractivity contribution is 5.92. The van der Waals surface area contributed by atoms with Crippen molar-refractivity contribution in [2.24, 2.45) is 5.41 Å². The molecular formula is C26H22F7N3O. The fraction of sp³-hybridized carbons (Fsp3) is 0.385. The molecule has 0 amide bonds. The van der Waals surface area contributed by atoms with Crippen molar-refractivity contribution in [2.75, 3.05) is 11.4 Å². The molecule has 1 fully saturated rings. The number of alkyl halides is 5. The highest BCUT2D eigenvalue weighted by atomic mass is 19.4. The first kappa shape index (κ1) is 26.5. The van der Waals surface area contributed by atoms with Gasteiger partial charge in [0, 0.05) is 22.2 Å². The summed E-state index contributed by atoms with van der Waals surface area (Å²) in [6, 6.07) is 6.33. The first-order chi connectivity index (χ1) is 17.1. The summed E-state index contributed by atoms with van der Waals surface area (Å²) in [5.74, 6) is 2.44. The van der Waals surface area contributed by atoms with Gasteiger partial charge >= 0.3 is 11.9 Å². The Morgan fingerprint density at radius 3 is 2.30 bits per heavy atom. The standard InChI is InChI=1S/C26H22F7N3O/c1-24(2,3)36-20-5-4-16(27)13-19(20)22(34-23(36)37)35(14-21(29)30)18-11-15(10-17(28)12-18)6-7-25(8-9-25)26(31,32)33/h4-5,10-13,21H,8-9,14H2,1-3H3. The average Bonchev–Trinajstić information content (AvgIpc) is 3.56. The summed E-state index contributed by atoms with van der Waals surface area (Å²) >= 11 is 0. The summed E-state index contributed by atoms with van der Waals surface area (Å²) in [4.78, 5) is 17.8. The van der Waals surface area contributed by atoms with Crippen molar-refractivity contribution in [1.29, 1.82) is 0 Å². The Labute approximate surface area is 207 Å². The first-order valence-electron chi connectivity index (χ1n) is 11.3. The summed E-state index contributed by atoms with van der Waals surface area (Å²) < 4.78 is 97.2. The molecule has 1 saturated carbocycles. The van der Waals surface area contributed by atoms with E-state index in [0.29, 0.717) is 0 Å². The third kappa shape index (κ3) is 5.29. The maximum Gasteiger partial charge on any atom is 0.405 e. The van der Waals surface area contributed by atoms with E-state index in [0.717, 1.165) is 35.2 Å². The number of hydrogen-bond donors (Lipinski definition) is 0. The van der Waals surface area contributed by atoms with Crippen molar-refractivity contribution in [3.63, 3.8) is 0 Å². The molecule has 1 aliphatic carbocycles. The number of hydrogen-bond acceptors (Lipinski definition) is 3. The van der Waals surface area contributed by atoms with Crippen LogP contribution in [0.4, 0.5) is 42.2 Å². The van der Waals surface area contributed by atoms with Gasteiger partial charge in [-0.25, -0.2) is 22.4 Å². The molecule has 0 atom stereocenters. The summed E-state index contributed by atoms with van der Waals surface area (Å²) in [6.07, 6.45) is -7.92. The van der Waals surface area contributed by atoms with Gasteiger partial charge in [-0.2, -0.15) is 18.2 Å². The van der Waals surface area contributed by atoms with Gasteiger partial charge in [0.25, 0.3) is 6.43 Å². The number of rotatable bonds is 4. The molecule has 2 aromatic carbocycles. The van der Waals surface area contributed by atoms with Gasteiger partial charge < -0.3 is 4.90 Å². The molecule has 4 rings (SSSR count). The monoisotopic (exact) mass is 525 g/mol. The van der Waals surface area contributed by atoms with Gasteiger partial charge in [0.1, 0.15) is 22.9 Å². The Bertz CT molecular complexity index is 1470. The summed E-state index contributed by atoms with van der Waals surface area (Å²) in [5, 5.41) is 0.0149. The Balaban J connectivity index is 1.92. The number of anilines is 2. The van der Waals surface area contributed by atoms with E-state index in [-0.39, 0.29) is 40.8 Å². The fourth-order valence-electron chi connectivity index (χ4n) is 4.09. The second-order valence-electron chi connectivity index (χ2n) is 9.92. The smallest absolute Gasteiger partial charge is 0.320 e. The Hall–Kier alpha value is -3.55. The van der Waals surface area contributed by atoms with E-state index in [1.807, 2.05) is 0 Å². The second kappa shape index (κ2) is 9.08. The topological polar surface area (TPSA) is 38.1 Å². The van der Waals surface area contributed by atoms with Crippen molar-refractivity contribution in [3.05, 3.63) is 64.1 Å². The van der Waals surface area contributed by atoms with Gasteiger partial charge in [-0.1, -0.05) is 11.8 Å². The molecule has 11 heteroatoms. The lowest BCUT2D eigenvalue weighted by Crippen LogP contribution is -2.37. The molecule has 1 heterocycles. The van der Waals surface area contributed by atoms with Gasteiger partial charge in [-0.15, -0.1) is 0 Å². The molecule has 0 N–H and O–H groups in total. The maximum atomic E-state index is 14.5. The molecule has 3 aromatic rings. The molecule has 37 heavy (non-hydrogen) atoms. The van der Waals surface area contributed by atoms with E-state index in [2.05, 4.69) is 16.8 Å². The fourth-order valence-corrected chi connectivity index (χ4v) is 4.09. The normalized spacial score (nSPS) is 15.0. The number of benzene rings is 2. The summed E-state index contributed by atoms with van der Waals surface area (Å²) in [6.45, 7) is 4.07. The SMILES string of the molecule is CC(C)(C)n1c(=O)nc(N(CC(F)F)c2cc(F)cc(C#CC3(C(F)(F)F)CC3)c2)c2cc(F)ccc21. The van der Waals surface area contributed by atoms with Crippen LogP contribution in [0.25, 0.3) is 10.9 Å². The molecule has 1 aromatic heterocycles. The minimum Gasteiger partial charge on any atom is -0.320 e. The van der Waals surface area contributed by atoms with Crippen LogP contribution in [0.2, 0.25) is 0 Å². The van der Waals surface area contributed by atoms with Gasteiger partial charge in [0.05, 0.1) is 12.1 Å². The Kier molecular flexibility index (Phi) is 6.51. The molecule has 0 saturated heterocycles. The zero-order chi connectivity index (χ0) is 27.3. The quantitative estimate of drug-likeness (QED) is 0.287. The van der Waals surface area contributed by atoms with Crippen LogP contribution in [0.15, 0.2) is 41.2 Å². The molecule has 0 aliphatic heterocycles. The highest BCUT2D eigenvalue weighted by Gasteiger charge is 2.62. The van der Waals surface area contributed by atoms with Gasteiger partial charge in [0.2, 0.25) is 0 Å². The van der Waals surface area contributed by atoms with Crippen molar-refractivity contribution in [1.82, 2.24) is 9.55 Å². The molecule has 0 radical (unpaired) electrons. The third-order valence-corrected chi connectivity index (χ3v) is 6.01. The van der Waals surface area contributed by atoms with E-state index in [4.69, 9.17) is 0 Å². The van der Waals surface area contributed by atoms with Crippen molar-refractivity contribution < 1.29 is 30.7 Å². The van der Waals surface area contributed by atoms with E-state index in [9.17, 15) is 35.5 Å². The molecule has 0 unspecified atom stereocenters. The molecule has 196 valence electrons. The Morgan fingerprint density at radius 1 is 1.05 bits per heavy atom. The van der Waals surface area contributed by atoms with Crippen LogP contribution in [-0.4, -0.2) is 28.7 Å². The van der Waals surface area contributed by atoms with Crippen LogP contribution >= 0.6 is 0 Å². The largest absolute Gasteiger partial charge is 0.405 e. The van der Waals surface area contributed by atoms with Gasteiger partial charge in [-0.3, -0.25) is 4.57 Å². The number of fused-ring (bicyclic) bond motifs is 1. The lowest BCUT2D eigenvalue weighted by atomic mass is 10.1. The molecular weight excluding hydrogens is 503 g/mol. The average molecular weight is 525 g/mol. The van der Waals surface area contributed by atoms with E-state index in [1.165, 1.54) is 10.6 Å². The number of nitrogens with zero attached hydrogens (tertiary/aromatic N) is 3. The minimum absolute atomic E-state index is 0.0149. The maximum absolute atomic E-state index is 14.5. The molecule has 0 bridgehead atoms. The minimum atomic E-state index is -4.55. The zero-order valence-electron chi connectivity index (χ0n) is 20.1. The lowest BCUT2D eigenvalue weighted by Gasteiger charge is -2.29. The second-order valence-corrected chi connectivity index (χ2v) is 9.92. The van der Waals surface area contributed by atoms with E-state index in [1.54, 1.807) is 20.8 Å². The summed E-state index contributed by atoms with van der Waals surface area (Å²) in [5.41, 5.74) is -3.98. The lowest BCUT2D eigenvalue weighted by molar-refractivity contribution is -0.168. The van der Waals surface area contributed by atoms with E-state index < -0.39 is 47.4 Å². The van der Waals surface area contributed by atoms with Crippen LogP contribution in [-0.2, 0) is 5.54 Å². The molecule has 0 spiro atoms. The van der Waals surface area contributed by atoms with Crippen LogP contribution in [0.5, 0.6) is 0 Å². The molecule has 4 nitrogen and oxygen atoms in total. The van der Waals surface area contributed by atoms with Crippen molar-refractivity contribution in [3.8, 4) is 11.8 Å². The number of aromatic nitrogens is 2. The van der Waals surface area contributed by atoms with Crippen LogP contribution in [0.1, 0.15) is 39.2 Å². The first-order valence-corrected chi connectivity index (χ1v) is 11.3. The third-order valence-electron chi connectivity index (χ3n) is 6.01. The Morgan fingerprint density at radius 2 is 1.73 bits per heavy atom. The highest BCUT2D eigenvalue weighted by Crippen LogP contribution is 2.57. The van der Waals surface area contributed by atoms with Crippen molar-refractivity contribution >= 4 is 22.4 Å². The summed E-state index contributed by atoms with van der Waals surface area (Å²) in [7, 11) is 0. The van der Waals surface area contributed by atoms with Gasteiger partial charge in [0.15, 0.2) is 0 Å².